The van der Waals surface area contributed by atoms with E-state index in [9.17, 15) is 9.18 Å². The molecule has 3 rings (SSSR count). The molecule has 0 fully saturated rings. The number of ether oxygens (including phenoxy) is 1. The summed E-state index contributed by atoms with van der Waals surface area (Å²) in [6, 6.07) is 13.3. The van der Waals surface area contributed by atoms with Crippen molar-refractivity contribution in [2.24, 2.45) is 0 Å². The summed E-state index contributed by atoms with van der Waals surface area (Å²) in [6.45, 7) is 2.67. The molecule has 140 valence electrons. The zero-order chi connectivity index (χ0) is 19.2. The molecule has 0 atom stereocenters. The number of thioether (sulfide) groups is 1. The molecule has 0 spiro atoms. The molecule has 2 aromatic carbocycles. The third-order valence-electron chi connectivity index (χ3n) is 3.74. The molecule has 0 bridgehead atoms. The summed E-state index contributed by atoms with van der Waals surface area (Å²) in [4.78, 5) is 12.0. The Hall–Kier alpha value is -2.38. The van der Waals surface area contributed by atoms with Crippen molar-refractivity contribution in [3.63, 3.8) is 0 Å². The topological polar surface area (TPSA) is 57.0 Å². The fraction of sp³-hybridized carbons (Fsp3) is 0.211. The van der Waals surface area contributed by atoms with Gasteiger partial charge in [-0.3, -0.25) is 4.79 Å². The molecule has 1 heterocycles. The lowest BCUT2D eigenvalue weighted by molar-refractivity contribution is -0.141. The Bertz CT molecular complexity index is 931. The zero-order valence-corrected chi connectivity index (χ0v) is 16.1. The van der Waals surface area contributed by atoms with E-state index in [1.165, 1.54) is 23.9 Å². The van der Waals surface area contributed by atoms with Crippen LogP contribution in [0.2, 0.25) is 5.02 Å². The van der Waals surface area contributed by atoms with E-state index in [-0.39, 0.29) is 18.2 Å². The molecule has 0 amide bonds. The van der Waals surface area contributed by atoms with Crippen LogP contribution < -0.4 is 0 Å². The minimum Gasteiger partial charge on any atom is -0.460 e. The molecule has 5 nitrogen and oxygen atoms in total. The average Bonchev–Trinajstić information content (AvgIpc) is 3.08. The molecule has 0 aliphatic rings. The van der Waals surface area contributed by atoms with E-state index < -0.39 is 5.97 Å². The lowest BCUT2D eigenvalue weighted by Crippen LogP contribution is -2.08. The first-order valence-electron chi connectivity index (χ1n) is 8.29. The standard InChI is InChI=1S/C19H17ClFN3O2S/c1-2-24-18(14-6-8-15(20)9-7-14)22-23-19(24)27-12-17(25)26-11-13-4-3-5-16(21)10-13/h3-10H,2,11-12H2,1H3. The molecule has 0 aliphatic carbocycles. The summed E-state index contributed by atoms with van der Waals surface area (Å²) in [5, 5.41) is 9.68. The van der Waals surface area contributed by atoms with Gasteiger partial charge in [-0.15, -0.1) is 10.2 Å². The van der Waals surface area contributed by atoms with E-state index in [1.807, 2.05) is 23.6 Å². The smallest absolute Gasteiger partial charge is 0.316 e. The third-order valence-corrected chi connectivity index (χ3v) is 4.94. The van der Waals surface area contributed by atoms with Crippen molar-refractivity contribution in [3.8, 4) is 11.4 Å². The molecule has 0 radical (unpaired) electrons. The van der Waals surface area contributed by atoms with Gasteiger partial charge in [0.15, 0.2) is 11.0 Å². The minimum absolute atomic E-state index is 0.0354. The van der Waals surface area contributed by atoms with Crippen molar-refractivity contribution in [2.75, 3.05) is 5.75 Å². The lowest BCUT2D eigenvalue weighted by Gasteiger charge is -2.08. The Kier molecular flexibility index (Phi) is 6.47. The predicted octanol–water partition coefficient (Wildman–Crippen LogP) is 4.59. The molecule has 27 heavy (non-hydrogen) atoms. The number of carbonyl (C=O) groups excluding carboxylic acids is 1. The summed E-state index contributed by atoms with van der Waals surface area (Å²) in [6.07, 6.45) is 0. The maximum Gasteiger partial charge on any atom is 0.316 e. The SMILES string of the molecule is CCn1c(SCC(=O)OCc2cccc(F)c2)nnc1-c1ccc(Cl)cc1. The molecular formula is C19H17ClFN3O2S. The van der Waals surface area contributed by atoms with Crippen molar-refractivity contribution >= 4 is 29.3 Å². The second-order valence-electron chi connectivity index (χ2n) is 5.64. The summed E-state index contributed by atoms with van der Waals surface area (Å²) in [5.74, 6) is 0.0464. The van der Waals surface area contributed by atoms with E-state index >= 15 is 0 Å². The van der Waals surface area contributed by atoms with Gasteiger partial charge in [0.25, 0.3) is 0 Å². The largest absolute Gasteiger partial charge is 0.460 e. The number of rotatable bonds is 7. The van der Waals surface area contributed by atoms with Crippen LogP contribution in [0.15, 0.2) is 53.7 Å². The maximum atomic E-state index is 13.1. The van der Waals surface area contributed by atoms with Crippen molar-refractivity contribution in [1.29, 1.82) is 0 Å². The molecule has 3 aromatic rings. The number of hydrogen-bond donors (Lipinski definition) is 0. The quantitative estimate of drug-likeness (QED) is 0.425. The Morgan fingerprint density at radius 3 is 2.70 bits per heavy atom. The van der Waals surface area contributed by atoms with Crippen molar-refractivity contribution in [1.82, 2.24) is 14.8 Å². The highest BCUT2D eigenvalue weighted by molar-refractivity contribution is 7.99. The summed E-state index contributed by atoms with van der Waals surface area (Å²) in [5.41, 5.74) is 1.50. The van der Waals surface area contributed by atoms with Gasteiger partial charge >= 0.3 is 5.97 Å². The van der Waals surface area contributed by atoms with E-state index in [2.05, 4.69) is 10.2 Å². The first-order chi connectivity index (χ1) is 13.1. The van der Waals surface area contributed by atoms with Gasteiger partial charge in [0.2, 0.25) is 0 Å². The Morgan fingerprint density at radius 2 is 2.00 bits per heavy atom. The Balaban J connectivity index is 1.60. The normalized spacial score (nSPS) is 10.8. The summed E-state index contributed by atoms with van der Waals surface area (Å²) >= 11 is 7.18. The molecule has 0 aliphatic heterocycles. The van der Waals surface area contributed by atoms with E-state index in [4.69, 9.17) is 16.3 Å². The minimum atomic E-state index is -0.400. The van der Waals surface area contributed by atoms with Gasteiger partial charge in [0.1, 0.15) is 12.4 Å². The monoisotopic (exact) mass is 405 g/mol. The number of halogens is 2. The second kappa shape index (κ2) is 9.01. The summed E-state index contributed by atoms with van der Waals surface area (Å²) in [7, 11) is 0. The number of esters is 1. The molecule has 1 aromatic heterocycles. The first-order valence-corrected chi connectivity index (χ1v) is 9.65. The van der Waals surface area contributed by atoms with Crippen molar-refractivity contribution in [3.05, 3.63) is 64.9 Å². The maximum absolute atomic E-state index is 13.1. The number of nitrogens with zero attached hydrogens (tertiary/aromatic N) is 3. The highest BCUT2D eigenvalue weighted by atomic mass is 35.5. The fourth-order valence-electron chi connectivity index (χ4n) is 2.45. The molecule has 0 unspecified atom stereocenters. The van der Waals surface area contributed by atoms with Crippen LogP contribution >= 0.6 is 23.4 Å². The third kappa shape index (κ3) is 5.08. The second-order valence-corrected chi connectivity index (χ2v) is 7.02. The van der Waals surface area contributed by atoms with Crippen LogP contribution in [0, 0.1) is 5.82 Å². The van der Waals surface area contributed by atoms with Gasteiger partial charge in [-0.05, 0) is 48.9 Å². The lowest BCUT2D eigenvalue weighted by atomic mass is 10.2. The summed E-state index contributed by atoms with van der Waals surface area (Å²) < 4.78 is 20.2. The Labute approximate surface area is 165 Å². The number of hydrogen-bond acceptors (Lipinski definition) is 5. The molecule has 0 saturated heterocycles. The fourth-order valence-corrected chi connectivity index (χ4v) is 3.37. The van der Waals surface area contributed by atoms with Gasteiger partial charge < -0.3 is 9.30 Å². The van der Waals surface area contributed by atoms with Crippen LogP contribution in [-0.4, -0.2) is 26.5 Å². The van der Waals surface area contributed by atoms with Gasteiger partial charge in [-0.1, -0.05) is 35.5 Å². The van der Waals surface area contributed by atoms with E-state index in [0.29, 0.717) is 28.1 Å². The van der Waals surface area contributed by atoms with Gasteiger partial charge in [-0.2, -0.15) is 0 Å². The van der Waals surface area contributed by atoms with Gasteiger partial charge in [0, 0.05) is 17.1 Å². The van der Waals surface area contributed by atoms with Crippen LogP contribution in [0.25, 0.3) is 11.4 Å². The van der Waals surface area contributed by atoms with E-state index in [0.717, 1.165) is 5.56 Å². The Morgan fingerprint density at radius 1 is 1.22 bits per heavy atom. The highest BCUT2D eigenvalue weighted by Crippen LogP contribution is 2.25. The van der Waals surface area contributed by atoms with Crippen LogP contribution in [0.3, 0.4) is 0 Å². The number of carbonyl (C=O) groups is 1. The van der Waals surface area contributed by atoms with Crippen LogP contribution in [0.4, 0.5) is 4.39 Å². The van der Waals surface area contributed by atoms with Crippen LogP contribution in [-0.2, 0) is 22.7 Å². The van der Waals surface area contributed by atoms with Gasteiger partial charge in [0.05, 0.1) is 5.75 Å². The number of aromatic nitrogens is 3. The van der Waals surface area contributed by atoms with Crippen molar-refractivity contribution < 1.29 is 13.9 Å². The number of benzene rings is 2. The van der Waals surface area contributed by atoms with Crippen LogP contribution in [0.1, 0.15) is 12.5 Å². The first kappa shape index (κ1) is 19.4. The zero-order valence-electron chi connectivity index (χ0n) is 14.6. The van der Waals surface area contributed by atoms with Crippen molar-refractivity contribution in [2.45, 2.75) is 25.2 Å². The molecular weight excluding hydrogens is 389 g/mol. The highest BCUT2D eigenvalue weighted by Gasteiger charge is 2.15. The molecule has 0 saturated carbocycles. The molecule has 0 N–H and O–H groups in total. The van der Waals surface area contributed by atoms with Crippen LogP contribution in [0.5, 0.6) is 0 Å². The van der Waals surface area contributed by atoms with E-state index in [1.54, 1.807) is 24.3 Å². The average molecular weight is 406 g/mol. The van der Waals surface area contributed by atoms with Gasteiger partial charge in [-0.25, -0.2) is 4.39 Å². The molecule has 8 heteroatoms. The predicted molar refractivity (Wildman–Crippen MR) is 103 cm³/mol.